The van der Waals surface area contributed by atoms with Gasteiger partial charge in [-0.2, -0.15) is 0 Å². The Labute approximate surface area is 213 Å². The highest BCUT2D eigenvalue weighted by Crippen LogP contribution is 2.42. The summed E-state index contributed by atoms with van der Waals surface area (Å²) in [6.45, 7) is -2.39. The Bertz CT molecular complexity index is 1930. The van der Waals surface area contributed by atoms with E-state index >= 15 is 0 Å². The number of hydrogen-bond acceptors (Lipinski definition) is 2. The number of rotatable bonds is 3. The molecular formula is C33H23N3. The highest BCUT2D eigenvalue weighted by atomic mass is 15.1. The van der Waals surface area contributed by atoms with Gasteiger partial charge in [0.25, 0.3) is 0 Å². The van der Waals surface area contributed by atoms with E-state index in [0.29, 0.717) is 5.52 Å². The van der Waals surface area contributed by atoms with Gasteiger partial charge in [-0.15, -0.1) is 0 Å². The third-order valence-corrected chi connectivity index (χ3v) is 6.82. The number of hydrogen-bond donors (Lipinski definition) is 0. The predicted octanol–water partition coefficient (Wildman–Crippen LogP) is 8.37. The van der Waals surface area contributed by atoms with E-state index in [0.717, 1.165) is 55.1 Å². The van der Waals surface area contributed by atoms with E-state index in [9.17, 15) is 0 Å². The molecule has 0 saturated carbocycles. The monoisotopic (exact) mass is 464 g/mol. The Morgan fingerprint density at radius 2 is 1.22 bits per heavy atom. The minimum atomic E-state index is -2.39. The first kappa shape index (κ1) is 17.6. The summed E-state index contributed by atoms with van der Waals surface area (Å²) in [7, 11) is 0. The lowest BCUT2D eigenvalue weighted by atomic mass is 9.90. The molecular weight excluding hydrogens is 438 g/mol. The smallest absolute Gasteiger partial charge is 0.111 e. The summed E-state index contributed by atoms with van der Waals surface area (Å²) < 4.78 is 26.8. The van der Waals surface area contributed by atoms with Gasteiger partial charge in [-0.05, 0) is 53.0 Å². The van der Waals surface area contributed by atoms with Crippen LogP contribution in [-0.2, 0) is 0 Å². The zero-order chi connectivity index (χ0) is 26.6. The third kappa shape index (κ3) is 3.14. The molecule has 0 N–H and O–H groups in total. The SMILES string of the molecule is [2H]C([2H])([2H])c1nc2ccccc2n1-c1c2ccccc2c(-c2ccc(-c3ccccn3)cc2)c2ccccc12. The topological polar surface area (TPSA) is 30.7 Å². The van der Waals surface area contributed by atoms with Crippen LogP contribution in [0, 0.1) is 6.85 Å². The normalized spacial score (nSPS) is 13.1. The van der Waals surface area contributed by atoms with Gasteiger partial charge in [0.1, 0.15) is 5.82 Å². The third-order valence-electron chi connectivity index (χ3n) is 6.82. The standard InChI is InChI=1S/C33H23N3/c1-22-35-30-15-6-7-16-31(30)36(22)33-27-12-4-2-10-25(27)32(26-11-3-5-13-28(26)33)24-19-17-23(18-20-24)29-14-8-9-21-34-29/h2-21H,1H3/i1D3. The second-order valence-corrected chi connectivity index (χ2v) is 8.87. The fourth-order valence-electron chi connectivity index (χ4n) is 5.25. The van der Waals surface area contributed by atoms with E-state index in [-0.39, 0.29) is 5.82 Å². The number of para-hydroxylation sites is 2. The van der Waals surface area contributed by atoms with Crippen molar-refractivity contribution in [2.24, 2.45) is 0 Å². The zero-order valence-electron chi connectivity index (χ0n) is 22.4. The number of aryl methyl sites for hydroxylation is 1. The fraction of sp³-hybridized carbons (Fsp3) is 0.0303. The quantitative estimate of drug-likeness (QED) is 0.246. The van der Waals surface area contributed by atoms with E-state index in [1.54, 1.807) is 6.20 Å². The molecule has 0 radical (unpaired) electrons. The number of nitrogens with zero attached hydrogens (tertiary/aromatic N) is 3. The molecule has 2 aromatic heterocycles. The number of benzene rings is 5. The summed E-state index contributed by atoms with van der Waals surface area (Å²) in [6.07, 6.45) is 1.80. The molecule has 7 rings (SSSR count). The van der Waals surface area contributed by atoms with Gasteiger partial charge < -0.3 is 0 Å². The van der Waals surface area contributed by atoms with Crippen molar-refractivity contribution >= 4 is 32.6 Å². The summed E-state index contributed by atoms with van der Waals surface area (Å²) in [4.78, 5) is 9.08. The molecule has 3 heteroatoms. The van der Waals surface area contributed by atoms with E-state index in [2.05, 4.69) is 58.5 Å². The predicted molar refractivity (Wildman–Crippen MR) is 149 cm³/mol. The average Bonchev–Trinajstić information content (AvgIpc) is 3.36. The summed E-state index contributed by atoms with van der Waals surface area (Å²) in [6, 6.07) is 38.4. The second kappa shape index (κ2) is 8.17. The highest BCUT2D eigenvalue weighted by Gasteiger charge is 2.19. The molecule has 36 heavy (non-hydrogen) atoms. The molecule has 5 aromatic carbocycles. The van der Waals surface area contributed by atoms with Crippen LogP contribution in [0.5, 0.6) is 0 Å². The van der Waals surface area contributed by atoms with E-state index < -0.39 is 6.85 Å². The molecule has 0 bridgehead atoms. The molecule has 0 aliphatic rings. The highest BCUT2D eigenvalue weighted by molar-refractivity contribution is 6.18. The van der Waals surface area contributed by atoms with E-state index in [1.165, 1.54) is 0 Å². The lowest BCUT2D eigenvalue weighted by molar-refractivity contribution is 1.02. The molecule has 3 nitrogen and oxygen atoms in total. The fourth-order valence-corrected chi connectivity index (χ4v) is 5.25. The van der Waals surface area contributed by atoms with Crippen molar-refractivity contribution in [3.63, 3.8) is 0 Å². The van der Waals surface area contributed by atoms with Crippen molar-refractivity contribution < 1.29 is 4.11 Å². The Morgan fingerprint density at radius 1 is 0.611 bits per heavy atom. The van der Waals surface area contributed by atoms with Crippen LogP contribution in [0.2, 0.25) is 0 Å². The molecule has 0 unspecified atom stereocenters. The van der Waals surface area contributed by atoms with Gasteiger partial charge >= 0.3 is 0 Å². The lowest BCUT2D eigenvalue weighted by Gasteiger charge is -2.19. The number of imidazole rings is 1. The first-order chi connectivity index (χ1) is 19.0. The maximum atomic E-state index is 8.32. The van der Waals surface area contributed by atoms with Gasteiger partial charge in [-0.3, -0.25) is 9.55 Å². The van der Waals surface area contributed by atoms with E-state index in [1.807, 2.05) is 71.3 Å². The van der Waals surface area contributed by atoms with Crippen LogP contribution >= 0.6 is 0 Å². The van der Waals surface area contributed by atoms with Crippen molar-refractivity contribution in [2.75, 3.05) is 0 Å². The van der Waals surface area contributed by atoms with Gasteiger partial charge in [-0.25, -0.2) is 4.98 Å². The van der Waals surface area contributed by atoms with Gasteiger partial charge in [0.2, 0.25) is 0 Å². The van der Waals surface area contributed by atoms with Gasteiger partial charge in [-0.1, -0.05) is 91.0 Å². The molecule has 0 spiro atoms. The lowest BCUT2D eigenvalue weighted by Crippen LogP contribution is -2.01. The molecule has 170 valence electrons. The molecule has 0 aliphatic heterocycles. The van der Waals surface area contributed by atoms with Crippen molar-refractivity contribution in [3.8, 4) is 28.1 Å². The van der Waals surface area contributed by atoms with Crippen LogP contribution in [0.15, 0.2) is 121 Å². The first-order valence-corrected chi connectivity index (χ1v) is 11.9. The van der Waals surface area contributed by atoms with Crippen molar-refractivity contribution in [1.82, 2.24) is 14.5 Å². The number of fused-ring (bicyclic) bond motifs is 3. The first-order valence-electron chi connectivity index (χ1n) is 13.4. The van der Waals surface area contributed by atoms with Crippen molar-refractivity contribution in [3.05, 3.63) is 127 Å². The van der Waals surface area contributed by atoms with Gasteiger partial charge in [0.05, 0.1) is 22.4 Å². The molecule has 2 heterocycles. The maximum absolute atomic E-state index is 8.32. The second-order valence-electron chi connectivity index (χ2n) is 8.87. The van der Waals surface area contributed by atoms with Gasteiger partial charge in [0, 0.05) is 26.6 Å². The summed E-state index contributed by atoms with van der Waals surface area (Å²) >= 11 is 0. The number of pyridine rings is 1. The molecule has 0 atom stereocenters. The largest absolute Gasteiger partial charge is 0.295 e. The van der Waals surface area contributed by atoms with Crippen LogP contribution in [0.4, 0.5) is 0 Å². The minimum Gasteiger partial charge on any atom is -0.295 e. The van der Waals surface area contributed by atoms with Crippen LogP contribution < -0.4 is 0 Å². The Balaban J connectivity index is 1.57. The Morgan fingerprint density at radius 3 is 1.89 bits per heavy atom. The van der Waals surface area contributed by atoms with Gasteiger partial charge in [0.15, 0.2) is 0 Å². The Kier molecular flexibility index (Phi) is 4.01. The summed E-state index contributed by atoms with van der Waals surface area (Å²) in [5, 5.41) is 4.03. The van der Waals surface area contributed by atoms with E-state index in [4.69, 9.17) is 4.11 Å². The van der Waals surface area contributed by atoms with Crippen LogP contribution in [-0.4, -0.2) is 14.5 Å². The molecule has 0 saturated heterocycles. The summed E-state index contributed by atoms with van der Waals surface area (Å²) in [5.41, 5.74) is 6.43. The van der Waals surface area contributed by atoms with Crippen LogP contribution in [0.3, 0.4) is 0 Å². The van der Waals surface area contributed by atoms with Crippen molar-refractivity contribution in [1.29, 1.82) is 0 Å². The van der Waals surface area contributed by atoms with Crippen LogP contribution in [0.25, 0.3) is 60.6 Å². The Hall–Kier alpha value is -4.76. The maximum Gasteiger partial charge on any atom is 0.111 e. The molecule has 0 fully saturated rings. The molecule has 7 aromatic rings. The summed E-state index contributed by atoms with van der Waals surface area (Å²) in [5.74, 6) is 0.0615. The van der Waals surface area contributed by atoms with Crippen molar-refractivity contribution in [2.45, 2.75) is 6.85 Å². The molecule has 0 amide bonds. The minimum absolute atomic E-state index is 0.0615. The number of aromatic nitrogens is 3. The zero-order valence-corrected chi connectivity index (χ0v) is 19.4. The average molecular weight is 465 g/mol. The van der Waals surface area contributed by atoms with Crippen LogP contribution in [0.1, 0.15) is 9.94 Å². The molecule has 0 aliphatic carbocycles.